The number of oxime groups is 1. The Kier molecular flexibility index (Phi) is 1.46. The van der Waals surface area contributed by atoms with Crippen LogP contribution in [0.15, 0.2) is 17.3 Å². The van der Waals surface area contributed by atoms with Gasteiger partial charge in [0.2, 0.25) is 0 Å². The summed E-state index contributed by atoms with van der Waals surface area (Å²) in [6.45, 7) is 0. The van der Waals surface area contributed by atoms with Gasteiger partial charge in [0.1, 0.15) is 0 Å². The molecule has 1 saturated carbocycles. The summed E-state index contributed by atoms with van der Waals surface area (Å²) in [6, 6.07) is 0. The maximum absolute atomic E-state index is 8.57. The van der Waals surface area contributed by atoms with Crippen molar-refractivity contribution in [3.63, 3.8) is 0 Å². The van der Waals surface area contributed by atoms with Gasteiger partial charge in [0, 0.05) is 5.92 Å². The van der Waals surface area contributed by atoms with Crippen molar-refractivity contribution in [2.75, 3.05) is 0 Å². The van der Waals surface area contributed by atoms with E-state index in [2.05, 4.69) is 17.3 Å². The maximum Gasteiger partial charge on any atom is 0.0928 e. The normalized spacial score (nSPS) is 45.2. The minimum atomic E-state index is -0.330. The molecule has 0 bridgehead atoms. The molecule has 2 aliphatic carbocycles. The van der Waals surface area contributed by atoms with Gasteiger partial charge in [0.25, 0.3) is 0 Å². The van der Waals surface area contributed by atoms with Gasteiger partial charge in [-0.3, -0.25) is 0 Å². The third-order valence-corrected chi connectivity index (χ3v) is 3.33. The quantitative estimate of drug-likeness (QED) is 0.258. The molecule has 60 valence electrons. The van der Waals surface area contributed by atoms with Crippen LogP contribution < -0.4 is 0 Å². The van der Waals surface area contributed by atoms with E-state index in [-0.39, 0.29) is 4.87 Å². The van der Waals surface area contributed by atoms with E-state index in [0.717, 1.165) is 25.0 Å². The smallest absolute Gasteiger partial charge is 0.0928 e. The van der Waals surface area contributed by atoms with Crippen molar-refractivity contribution < 1.29 is 5.21 Å². The first-order chi connectivity index (χ1) is 5.27. The van der Waals surface area contributed by atoms with Crippen LogP contribution in [0.3, 0.4) is 0 Å². The molecule has 2 atom stereocenters. The van der Waals surface area contributed by atoms with Crippen LogP contribution in [0, 0.1) is 5.92 Å². The predicted octanol–water partition coefficient (Wildman–Crippen LogP) is 2.16. The maximum atomic E-state index is 8.57. The van der Waals surface area contributed by atoms with E-state index in [1.54, 1.807) is 0 Å². The Bertz CT molecular complexity index is 236. The molecule has 2 nitrogen and oxygen atoms in total. The second-order valence-electron chi connectivity index (χ2n) is 3.19. The highest BCUT2D eigenvalue weighted by molar-refractivity contribution is 6.39. The van der Waals surface area contributed by atoms with Crippen molar-refractivity contribution in [3.8, 4) is 0 Å². The fraction of sp³-hybridized carbons (Fsp3) is 0.625. The average molecular weight is 172 g/mol. The Labute approximate surface area is 70.5 Å². The molecular formula is C8H10ClNO. The summed E-state index contributed by atoms with van der Waals surface area (Å²) in [5.74, 6) is 0.406. The number of hydrogen-bond donors (Lipinski definition) is 1. The Morgan fingerprint density at radius 2 is 2.55 bits per heavy atom. The molecule has 1 fully saturated rings. The zero-order valence-electron chi connectivity index (χ0n) is 6.13. The second-order valence-corrected chi connectivity index (χ2v) is 3.86. The van der Waals surface area contributed by atoms with Gasteiger partial charge in [-0.2, -0.15) is 0 Å². The third-order valence-electron chi connectivity index (χ3n) is 2.64. The largest absolute Gasteiger partial charge is 0.411 e. The molecule has 3 heteroatoms. The monoisotopic (exact) mass is 171 g/mol. The van der Waals surface area contributed by atoms with E-state index >= 15 is 0 Å². The summed E-state index contributed by atoms with van der Waals surface area (Å²) in [5, 5.41) is 11.8. The molecule has 0 amide bonds. The van der Waals surface area contributed by atoms with Gasteiger partial charge < -0.3 is 5.21 Å². The highest BCUT2D eigenvalue weighted by Crippen LogP contribution is 2.48. The lowest BCUT2D eigenvalue weighted by Crippen LogP contribution is -2.52. The lowest BCUT2D eigenvalue weighted by Gasteiger charge is -2.45. The SMILES string of the molecule is O/N=C1\CC2C=CCCC12Cl. The average Bonchev–Trinajstić information content (AvgIpc) is 1.99. The van der Waals surface area contributed by atoms with E-state index in [1.807, 2.05) is 0 Å². The van der Waals surface area contributed by atoms with E-state index in [4.69, 9.17) is 16.8 Å². The van der Waals surface area contributed by atoms with Crippen LogP contribution in [0.1, 0.15) is 19.3 Å². The molecule has 0 heterocycles. The molecule has 0 aromatic carbocycles. The zero-order valence-corrected chi connectivity index (χ0v) is 6.88. The van der Waals surface area contributed by atoms with Gasteiger partial charge in [0.05, 0.1) is 10.6 Å². The molecule has 2 rings (SSSR count). The standard InChI is InChI=1S/C8H10ClNO/c9-8-4-2-1-3-6(8)5-7(8)10-11/h1,3,6,11H,2,4-5H2/b10-7+. The van der Waals surface area contributed by atoms with Crippen molar-refractivity contribution in [2.45, 2.75) is 24.1 Å². The van der Waals surface area contributed by atoms with Crippen LogP contribution >= 0.6 is 11.6 Å². The lowest BCUT2D eigenvalue weighted by atomic mass is 9.66. The van der Waals surface area contributed by atoms with Crippen molar-refractivity contribution in [1.29, 1.82) is 0 Å². The molecule has 0 saturated heterocycles. The number of nitrogens with zero attached hydrogens (tertiary/aromatic N) is 1. The summed E-state index contributed by atoms with van der Waals surface area (Å²) in [5.41, 5.74) is 0.758. The highest BCUT2D eigenvalue weighted by atomic mass is 35.5. The van der Waals surface area contributed by atoms with Crippen LogP contribution in [-0.2, 0) is 0 Å². The first kappa shape index (κ1) is 7.17. The number of alkyl halides is 1. The molecule has 11 heavy (non-hydrogen) atoms. The van der Waals surface area contributed by atoms with Crippen LogP contribution in [0.4, 0.5) is 0 Å². The fourth-order valence-electron chi connectivity index (χ4n) is 1.85. The van der Waals surface area contributed by atoms with Crippen LogP contribution in [0.5, 0.6) is 0 Å². The van der Waals surface area contributed by atoms with Gasteiger partial charge in [0.15, 0.2) is 0 Å². The fourth-order valence-corrected chi connectivity index (χ4v) is 2.22. The van der Waals surface area contributed by atoms with Crippen LogP contribution in [0.25, 0.3) is 0 Å². The van der Waals surface area contributed by atoms with Gasteiger partial charge >= 0.3 is 0 Å². The van der Waals surface area contributed by atoms with Crippen LogP contribution in [0.2, 0.25) is 0 Å². The summed E-state index contributed by atoms with van der Waals surface area (Å²) in [7, 11) is 0. The van der Waals surface area contributed by atoms with Gasteiger partial charge in [-0.05, 0) is 19.3 Å². The van der Waals surface area contributed by atoms with Crippen LogP contribution in [-0.4, -0.2) is 15.8 Å². The van der Waals surface area contributed by atoms with E-state index in [9.17, 15) is 0 Å². The molecular weight excluding hydrogens is 162 g/mol. The van der Waals surface area contributed by atoms with Crippen molar-refractivity contribution in [1.82, 2.24) is 0 Å². The Hall–Kier alpha value is -0.500. The van der Waals surface area contributed by atoms with Crippen molar-refractivity contribution >= 4 is 17.3 Å². The Morgan fingerprint density at radius 3 is 3.18 bits per heavy atom. The Balaban J connectivity index is 2.26. The summed E-state index contributed by atoms with van der Waals surface area (Å²) in [4.78, 5) is -0.330. The first-order valence-electron chi connectivity index (χ1n) is 3.84. The highest BCUT2D eigenvalue weighted by Gasteiger charge is 2.51. The third kappa shape index (κ3) is 0.822. The lowest BCUT2D eigenvalue weighted by molar-refractivity contribution is 0.296. The summed E-state index contributed by atoms with van der Waals surface area (Å²) >= 11 is 6.23. The first-order valence-corrected chi connectivity index (χ1v) is 4.22. The Morgan fingerprint density at radius 1 is 1.73 bits per heavy atom. The number of fused-ring (bicyclic) bond motifs is 1. The molecule has 0 radical (unpaired) electrons. The summed E-state index contributed by atoms with van der Waals surface area (Å²) in [6.07, 6.45) is 7.02. The molecule has 2 unspecified atom stereocenters. The number of rotatable bonds is 0. The number of allylic oxidation sites excluding steroid dienone is 2. The molecule has 0 spiro atoms. The van der Waals surface area contributed by atoms with Gasteiger partial charge in [-0.1, -0.05) is 17.3 Å². The van der Waals surface area contributed by atoms with Gasteiger partial charge in [-0.25, -0.2) is 0 Å². The van der Waals surface area contributed by atoms with E-state index in [1.165, 1.54) is 0 Å². The zero-order chi connectivity index (χ0) is 7.90. The van der Waals surface area contributed by atoms with Crippen molar-refractivity contribution in [3.05, 3.63) is 12.2 Å². The summed E-state index contributed by atoms with van der Waals surface area (Å²) < 4.78 is 0. The molecule has 0 aliphatic heterocycles. The topological polar surface area (TPSA) is 32.6 Å². The number of halogens is 1. The van der Waals surface area contributed by atoms with E-state index in [0.29, 0.717) is 5.92 Å². The molecule has 2 aliphatic rings. The van der Waals surface area contributed by atoms with Crippen molar-refractivity contribution in [2.24, 2.45) is 11.1 Å². The second kappa shape index (κ2) is 2.24. The molecule has 0 aromatic heterocycles. The van der Waals surface area contributed by atoms with Gasteiger partial charge in [-0.15, -0.1) is 11.6 Å². The number of hydrogen-bond acceptors (Lipinski definition) is 2. The molecule has 1 N–H and O–H groups in total. The minimum absolute atomic E-state index is 0.330. The predicted molar refractivity (Wildman–Crippen MR) is 44.3 cm³/mol. The van der Waals surface area contributed by atoms with E-state index < -0.39 is 0 Å². The molecule has 0 aromatic rings. The minimum Gasteiger partial charge on any atom is -0.411 e.